The zero-order chi connectivity index (χ0) is 12.4. The fraction of sp³-hybridized carbons (Fsp3) is 0.455. The Labute approximate surface area is 112 Å². The second kappa shape index (κ2) is 5.18. The molecular formula is C11H13BrN2O2S. The van der Waals surface area contributed by atoms with E-state index < -0.39 is 0 Å². The molecule has 0 aliphatic carbocycles. The van der Waals surface area contributed by atoms with Gasteiger partial charge in [0.15, 0.2) is 0 Å². The van der Waals surface area contributed by atoms with Crippen LogP contribution >= 0.6 is 27.3 Å². The van der Waals surface area contributed by atoms with E-state index in [9.17, 15) is 9.59 Å². The lowest BCUT2D eigenvalue weighted by Crippen LogP contribution is -2.49. The molecule has 0 atom stereocenters. The Hall–Kier alpha value is -0.880. The zero-order valence-electron chi connectivity index (χ0n) is 9.48. The lowest BCUT2D eigenvalue weighted by Gasteiger charge is -2.33. The molecule has 1 fully saturated rings. The first kappa shape index (κ1) is 12.6. The fourth-order valence-electron chi connectivity index (χ4n) is 1.81. The molecule has 1 saturated heterocycles. The third kappa shape index (κ3) is 2.87. The molecule has 2 rings (SSSR count). The first-order chi connectivity index (χ1) is 8.08. The van der Waals surface area contributed by atoms with E-state index in [1.165, 1.54) is 11.3 Å². The molecule has 2 amide bonds. The highest BCUT2D eigenvalue weighted by atomic mass is 79.9. The number of carbonyl (C=O) groups excluding carboxylic acids is 2. The summed E-state index contributed by atoms with van der Waals surface area (Å²) >= 11 is 4.78. The summed E-state index contributed by atoms with van der Waals surface area (Å²) < 4.78 is 0.938. The van der Waals surface area contributed by atoms with Crippen LogP contribution < -0.4 is 0 Å². The summed E-state index contributed by atoms with van der Waals surface area (Å²) in [5, 5.41) is 1.90. The number of hydrogen-bond acceptors (Lipinski definition) is 3. The number of thiophene rings is 1. The second-order valence-electron chi connectivity index (χ2n) is 3.93. The average Bonchev–Trinajstić information content (AvgIpc) is 2.75. The largest absolute Gasteiger partial charge is 0.339 e. The van der Waals surface area contributed by atoms with Gasteiger partial charge in [-0.05, 0) is 22.0 Å². The number of carbonyl (C=O) groups is 2. The highest BCUT2D eigenvalue weighted by Crippen LogP contribution is 2.21. The molecule has 1 aromatic heterocycles. The Morgan fingerprint density at radius 2 is 1.82 bits per heavy atom. The summed E-state index contributed by atoms with van der Waals surface area (Å²) in [6.07, 6.45) is 0. The van der Waals surface area contributed by atoms with Gasteiger partial charge in [0.05, 0.1) is 4.88 Å². The van der Waals surface area contributed by atoms with Gasteiger partial charge in [0.25, 0.3) is 5.91 Å². The standard InChI is InChI=1S/C11H13BrN2O2S/c1-8(15)13-2-4-14(5-3-13)11(16)10-6-9(12)7-17-10/h6-7H,2-5H2,1H3. The summed E-state index contributed by atoms with van der Waals surface area (Å²) in [5.74, 6) is 0.139. The maximum Gasteiger partial charge on any atom is 0.264 e. The molecule has 0 N–H and O–H groups in total. The first-order valence-electron chi connectivity index (χ1n) is 5.37. The maximum atomic E-state index is 12.1. The van der Waals surface area contributed by atoms with E-state index in [1.54, 1.807) is 16.7 Å². The molecule has 0 bridgehead atoms. The van der Waals surface area contributed by atoms with Crippen LogP contribution in [-0.2, 0) is 4.79 Å². The molecule has 0 aromatic carbocycles. The molecule has 92 valence electrons. The Morgan fingerprint density at radius 3 is 2.29 bits per heavy atom. The van der Waals surface area contributed by atoms with Gasteiger partial charge in [-0.25, -0.2) is 0 Å². The average molecular weight is 317 g/mol. The van der Waals surface area contributed by atoms with Crippen molar-refractivity contribution in [2.45, 2.75) is 6.92 Å². The van der Waals surface area contributed by atoms with Gasteiger partial charge in [0.2, 0.25) is 5.91 Å². The van der Waals surface area contributed by atoms with Gasteiger partial charge < -0.3 is 9.80 Å². The van der Waals surface area contributed by atoms with E-state index in [4.69, 9.17) is 0 Å². The van der Waals surface area contributed by atoms with Crippen LogP contribution in [0.2, 0.25) is 0 Å². The Morgan fingerprint density at radius 1 is 1.24 bits per heavy atom. The van der Waals surface area contributed by atoms with Crippen LogP contribution in [0.15, 0.2) is 15.9 Å². The molecule has 0 spiro atoms. The lowest BCUT2D eigenvalue weighted by molar-refractivity contribution is -0.130. The quantitative estimate of drug-likeness (QED) is 0.793. The van der Waals surface area contributed by atoms with Crippen LogP contribution in [0.3, 0.4) is 0 Å². The summed E-state index contributed by atoms with van der Waals surface area (Å²) in [7, 11) is 0. The van der Waals surface area contributed by atoms with E-state index in [2.05, 4.69) is 15.9 Å². The second-order valence-corrected chi connectivity index (χ2v) is 5.75. The minimum absolute atomic E-state index is 0.0592. The van der Waals surface area contributed by atoms with Crippen molar-refractivity contribution in [2.24, 2.45) is 0 Å². The SMILES string of the molecule is CC(=O)N1CCN(C(=O)c2cc(Br)cs2)CC1. The molecule has 4 nitrogen and oxygen atoms in total. The smallest absolute Gasteiger partial charge is 0.264 e. The van der Waals surface area contributed by atoms with E-state index in [1.807, 2.05) is 11.4 Å². The van der Waals surface area contributed by atoms with Crippen LogP contribution in [-0.4, -0.2) is 47.8 Å². The van der Waals surface area contributed by atoms with Gasteiger partial charge in [0, 0.05) is 43.0 Å². The van der Waals surface area contributed by atoms with E-state index in [-0.39, 0.29) is 11.8 Å². The van der Waals surface area contributed by atoms with Gasteiger partial charge in [-0.2, -0.15) is 0 Å². The van der Waals surface area contributed by atoms with Crippen LogP contribution in [0.1, 0.15) is 16.6 Å². The number of amides is 2. The minimum Gasteiger partial charge on any atom is -0.339 e. The Balaban J connectivity index is 1.97. The Bertz CT molecular complexity index is 438. The molecule has 2 heterocycles. The number of rotatable bonds is 1. The van der Waals surface area contributed by atoms with Gasteiger partial charge >= 0.3 is 0 Å². The molecule has 17 heavy (non-hydrogen) atoms. The fourth-order valence-corrected chi connectivity index (χ4v) is 3.20. The molecule has 1 aliphatic rings. The van der Waals surface area contributed by atoms with Crippen molar-refractivity contribution in [1.29, 1.82) is 0 Å². The number of piperazine rings is 1. The molecule has 0 unspecified atom stereocenters. The topological polar surface area (TPSA) is 40.6 Å². The van der Waals surface area contributed by atoms with Crippen molar-refractivity contribution in [3.8, 4) is 0 Å². The van der Waals surface area contributed by atoms with Crippen LogP contribution in [0.5, 0.6) is 0 Å². The predicted molar refractivity (Wildman–Crippen MR) is 70.2 cm³/mol. The van der Waals surface area contributed by atoms with Gasteiger partial charge in [-0.15, -0.1) is 11.3 Å². The third-order valence-electron chi connectivity index (χ3n) is 2.79. The van der Waals surface area contributed by atoms with Gasteiger partial charge in [-0.1, -0.05) is 0 Å². The molecular weight excluding hydrogens is 304 g/mol. The first-order valence-corrected chi connectivity index (χ1v) is 7.04. The van der Waals surface area contributed by atoms with E-state index in [0.717, 1.165) is 9.35 Å². The predicted octanol–water partition coefficient (Wildman–Crippen LogP) is 1.81. The molecule has 6 heteroatoms. The van der Waals surface area contributed by atoms with Crippen molar-refractivity contribution in [3.05, 3.63) is 20.8 Å². The van der Waals surface area contributed by atoms with E-state index in [0.29, 0.717) is 26.2 Å². The summed E-state index contributed by atoms with van der Waals surface area (Å²) in [4.78, 5) is 27.6. The third-order valence-corrected chi connectivity index (χ3v) is 4.47. The van der Waals surface area contributed by atoms with Crippen molar-refractivity contribution in [3.63, 3.8) is 0 Å². The molecule has 0 saturated carbocycles. The molecule has 0 radical (unpaired) electrons. The van der Waals surface area contributed by atoms with Crippen LogP contribution in [0.4, 0.5) is 0 Å². The monoisotopic (exact) mass is 316 g/mol. The lowest BCUT2D eigenvalue weighted by atomic mass is 10.3. The van der Waals surface area contributed by atoms with E-state index >= 15 is 0 Å². The summed E-state index contributed by atoms with van der Waals surface area (Å²) in [6.45, 7) is 4.07. The minimum atomic E-state index is 0.0592. The highest BCUT2D eigenvalue weighted by Gasteiger charge is 2.23. The summed E-state index contributed by atoms with van der Waals surface area (Å²) in [5.41, 5.74) is 0. The van der Waals surface area contributed by atoms with Crippen molar-refractivity contribution in [2.75, 3.05) is 26.2 Å². The van der Waals surface area contributed by atoms with Crippen molar-refractivity contribution >= 4 is 39.1 Å². The van der Waals surface area contributed by atoms with Crippen molar-refractivity contribution < 1.29 is 9.59 Å². The number of hydrogen-bond donors (Lipinski definition) is 0. The van der Waals surface area contributed by atoms with Crippen molar-refractivity contribution in [1.82, 2.24) is 9.80 Å². The van der Waals surface area contributed by atoms with Gasteiger partial charge in [0.1, 0.15) is 0 Å². The number of nitrogens with zero attached hydrogens (tertiary/aromatic N) is 2. The summed E-state index contributed by atoms with van der Waals surface area (Å²) in [6, 6.07) is 1.84. The zero-order valence-corrected chi connectivity index (χ0v) is 11.9. The highest BCUT2D eigenvalue weighted by molar-refractivity contribution is 9.10. The van der Waals surface area contributed by atoms with Crippen LogP contribution in [0, 0.1) is 0 Å². The number of halogens is 1. The Kier molecular flexibility index (Phi) is 3.83. The normalized spacial score (nSPS) is 16.1. The molecule has 1 aliphatic heterocycles. The molecule has 1 aromatic rings. The maximum absolute atomic E-state index is 12.1. The van der Waals surface area contributed by atoms with Gasteiger partial charge in [-0.3, -0.25) is 9.59 Å². The van der Waals surface area contributed by atoms with Crippen LogP contribution in [0.25, 0.3) is 0 Å².